The summed E-state index contributed by atoms with van der Waals surface area (Å²) in [5, 5.41) is 13.6. The fourth-order valence-corrected chi connectivity index (χ4v) is 2.73. The zero-order valence-corrected chi connectivity index (χ0v) is 16.3. The third kappa shape index (κ3) is 5.45. The lowest BCUT2D eigenvalue weighted by atomic mass is 10.2. The molecule has 3 aromatic carbocycles. The van der Waals surface area contributed by atoms with E-state index in [0.717, 1.165) is 11.1 Å². The number of nitro benzene ring substituents is 1. The highest BCUT2D eigenvalue weighted by atomic mass is 16.6. The van der Waals surface area contributed by atoms with Gasteiger partial charge in [-0.25, -0.2) is 0 Å². The molecule has 7 nitrogen and oxygen atoms in total. The van der Waals surface area contributed by atoms with Gasteiger partial charge in [-0.2, -0.15) is 0 Å². The largest absolute Gasteiger partial charge is 0.493 e. The number of anilines is 1. The van der Waals surface area contributed by atoms with Crippen LogP contribution in [0.5, 0.6) is 11.5 Å². The molecule has 1 amide bonds. The summed E-state index contributed by atoms with van der Waals surface area (Å²) in [6, 6.07) is 21.0. The molecule has 30 heavy (non-hydrogen) atoms. The Morgan fingerprint density at radius 2 is 1.77 bits per heavy atom. The van der Waals surface area contributed by atoms with Gasteiger partial charge in [-0.3, -0.25) is 14.9 Å². The first kappa shape index (κ1) is 20.6. The lowest BCUT2D eigenvalue weighted by molar-refractivity contribution is -0.383. The van der Waals surface area contributed by atoms with Crippen molar-refractivity contribution in [2.45, 2.75) is 6.61 Å². The molecule has 0 unspecified atom stereocenters. The second-order valence-corrected chi connectivity index (χ2v) is 6.28. The molecule has 0 fully saturated rings. The number of nitro groups is 1. The molecule has 3 aromatic rings. The van der Waals surface area contributed by atoms with Crippen LogP contribution < -0.4 is 14.8 Å². The van der Waals surface area contributed by atoms with Crippen LogP contribution in [0.25, 0.3) is 6.08 Å². The van der Waals surface area contributed by atoms with Crippen LogP contribution in [-0.4, -0.2) is 17.9 Å². The van der Waals surface area contributed by atoms with Crippen molar-refractivity contribution in [3.05, 3.63) is 100 Å². The molecule has 0 bridgehead atoms. The number of carbonyl (C=O) groups is 1. The number of benzene rings is 3. The Balaban J connectivity index is 1.67. The third-order valence-corrected chi connectivity index (χ3v) is 4.21. The molecule has 0 aromatic heterocycles. The molecule has 0 radical (unpaired) electrons. The number of para-hydroxylation sites is 2. The molecule has 0 aliphatic carbocycles. The quantitative estimate of drug-likeness (QED) is 0.330. The Bertz CT molecular complexity index is 1060. The fourth-order valence-electron chi connectivity index (χ4n) is 2.73. The normalized spacial score (nSPS) is 10.6. The van der Waals surface area contributed by atoms with Crippen LogP contribution >= 0.6 is 0 Å². The first-order valence-electron chi connectivity index (χ1n) is 9.14. The molecular formula is C23H20N2O5. The number of nitrogens with zero attached hydrogens (tertiary/aromatic N) is 1. The van der Waals surface area contributed by atoms with Gasteiger partial charge in [0, 0.05) is 12.1 Å². The SMILES string of the molecule is COc1cc(C=CC(=O)Nc2ccccc2[N+](=O)[O-])ccc1OCc1ccccc1. The number of nitrogens with one attached hydrogen (secondary N) is 1. The maximum atomic E-state index is 12.2. The summed E-state index contributed by atoms with van der Waals surface area (Å²) in [5.74, 6) is 0.641. The van der Waals surface area contributed by atoms with Gasteiger partial charge in [0.25, 0.3) is 5.69 Å². The van der Waals surface area contributed by atoms with E-state index in [9.17, 15) is 14.9 Å². The Morgan fingerprint density at radius 3 is 2.50 bits per heavy atom. The smallest absolute Gasteiger partial charge is 0.292 e. The van der Waals surface area contributed by atoms with Gasteiger partial charge in [0.2, 0.25) is 5.91 Å². The van der Waals surface area contributed by atoms with Gasteiger partial charge in [-0.1, -0.05) is 48.5 Å². The van der Waals surface area contributed by atoms with E-state index in [-0.39, 0.29) is 11.4 Å². The van der Waals surface area contributed by atoms with Crippen molar-refractivity contribution >= 4 is 23.4 Å². The molecule has 152 valence electrons. The first-order chi connectivity index (χ1) is 14.6. The highest BCUT2D eigenvalue weighted by Crippen LogP contribution is 2.29. The summed E-state index contributed by atoms with van der Waals surface area (Å²) in [6.45, 7) is 0.407. The zero-order chi connectivity index (χ0) is 21.3. The van der Waals surface area contributed by atoms with Crippen molar-refractivity contribution in [2.75, 3.05) is 12.4 Å². The molecule has 0 spiro atoms. The van der Waals surface area contributed by atoms with Crippen LogP contribution in [0.3, 0.4) is 0 Å². The number of methoxy groups -OCH3 is 1. The predicted molar refractivity (Wildman–Crippen MR) is 115 cm³/mol. The van der Waals surface area contributed by atoms with E-state index in [1.807, 2.05) is 30.3 Å². The second kappa shape index (κ2) is 9.88. The van der Waals surface area contributed by atoms with Crippen LogP contribution in [0.15, 0.2) is 78.9 Å². The maximum Gasteiger partial charge on any atom is 0.292 e. The highest BCUT2D eigenvalue weighted by Gasteiger charge is 2.13. The van der Waals surface area contributed by atoms with Crippen LogP contribution in [-0.2, 0) is 11.4 Å². The number of carbonyl (C=O) groups excluding carboxylic acids is 1. The monoisotopic (exact) mass is 404 g/mol. The van der Waals surface area contributed by atoms with E-state index in [1.54, 1.807) is 37.5 Å². The molecule has 0 aliphatic rings. The van der Waals surface area contributed by atoms with Crippen LogP contribution in [0.1, 0.15) is 11.1 Å². The standard InChI is InChI=1S/C23H20N2O5/c1-29-22-15-17(11-13-21(22)30-16-18-7-3-2-4-8-18)12-14-23(26)24-19-9-5-6-10-20(19)25(27)28/h2-15H,16H2,1H3,(H,24,26). The number of hydrogen-bond acceptors (Lipinski definition) is 5. The highest BCUT2D eigenvalue weighted by molar-refractivity contribution is 6.03. The topological polar surface area (TPSA) is 90.7 Å². The molecule has 0 saturated heterocycles. The molecule has 1 N–H and O–H groups in total. The van der Waals surface area contributed by atoms with Gasteiger partial charge in [0.05, 0.1) is 12.0 Å². The van der Waals surface area contributed by atoms with Crippen molar-refractivity contribution in [3.63, 3.8) is 0 Å². The Kier molecular flexibility index (Phi) is 6.78. The van der Waals surface area contributed by atoms with Gasteiger partial charge >= 0.3 is 0 Å². The first-order valence-corrected chi connectivity index (χ1v) is 9.14. The summed E-state index contributed by atoms with van der Waals surface area (Å²) in [4.78, 5) is 22.7. The van der Waals surface area contributed by atoms with E-state index >= 15 is 0 Å². The summed E-state index contributed by atoms with van der Waals surface area (Å²) in [7, 11) is 1.54. The number of amides is 1. The van der Waals surface area contributed by atoms with Crippen molar-refractivity contribution in [3.8, 4) is 11.5 Å². The van der Waals surface area contributed by atoms with Gasteiger partial charge < -0.3 is 14.8 Å². The second-order valence-electron chi connectivity index (χ2n) is 6.28. The van der Waals surface area contributed by atoms with Crippen LogP contribution in [0.2, 0.25) is 0 Å². The molecule has 0 saturated carbocycles. The molecule has 0 atom stereocenters. The van der Waals surface area contributed by atoms with Crippen molar-refractivity contribution in [2.24, 2.45) is 0 Å². The minimum Gasteiger partial charge on any atom is -0.493 e. The summed E-state index contributed by atoms with van der Waals surface area (Å²) < 4.78 is 11.2. The molecular weight excluding hydrogens is 384 g/mol. The van der Waals surface area contributed by atoms with Crippen LogP contribution in [0.4, 0.5) is 11.4 Å². The van der Waals surface area contributed by atoms with Crippen molar-refractivity contribution < 1.29 is 19.2 Å². The zero-order valence-electron chi connectivity index (χ0n) is 16.3. The molecule has 7 heteroatoms. The van der Waals surface area contributed by atoms with E-state index in [2.05, 4.69) is 5.32 Å². The summed E-state index contributed by atoms with van der Waals surface area (Å²) in [5.41, 5.74) is 1.73. The van der Waals surface area contributed by atoms with E-state index in [1.165, 1.54) is 24.3 Å². The van der Waals surface area contributed by atoms with E-state index < -0.39 is 10.8 Å². The predicted octanol–water partition coefficient (Wildman–Crippen LogP) is 4.83. The minimum absolute atomic E-state index is 0.138. The average Bonchev–Trinajstić information content (AvgIpc) is 2.77. The summed E-state index contributed by atoms with van der Waals surface area (Å²) in [6.07, 6.45) is 2.89. The van der Waals surface area contributed by atoms with E-state index in [4.69, 9.17) is 9.47 Å². The van der Waals surface area contributed by atoms with Crippen LogP contribution in [0, 0.1) is 10.1 Å². The Morgan fingerprint density at radius 1 is 1.03 bits per heavy atom. The lowest BCUT2D eigenvalue weighted by Crippen LogP contribution is -2.09. The van der Waals surface area contributed by atoms with E-state index in [0.29, 0.717) is 18.1 Å². The molecule has 0 heterocycles. The lowest BCUT2D eigenvalue weighted by Gasteiger charge is -2.11. The summed E-state index contributed by atoms with van der Waals surface area (Å²) >= 11 is 0. The Hall–Kier alpha value is -4.13. The average molecular weight is 404 g/mol. The molecule has 0 aliphatic heterocycles. The van der Waals surface area contributed by atoms with Gasteiger partial charge in [-0.05, 0) is 35.4 Å². The van der Waals surface area contributed by atoms with Gasteiger partial charge in [-0.15, -0.1) is 0 Å². The van der Waals surface area contributed by atoms with Gasteiger partial charge in [0.1, 0.15) is 12.3 Å². The maximum absolute atomic E-state index is 12.2. The molecule has 3 rings (SSSR count). The third-order valence-electron chi connectivity index (χ3n) is 4.21. The number of hydrogen-bond donors (Lipinski definition) is 1. The number of rotatable bonds is 8. The minimum atomic E-state index is -0.543. The van der Waals surface area contributed by atoms with Crippen molar-refractivity contribution in [1.29, 1.82) is 0 Å². The van der Waals surface area contributed by atoms with Gasteiger partial charge in [0.15, 0.2) is 11.5 Å². The fraction of sp³-hybridized carbons (Fsp3) is 0.0870. The van der Waals surface area contributed by atoms with Crippen molar-refractivity contribution in [1.82, 2.24) is 0 Å². The number of ether oxygens (including phenoxy) is 2. The Labute approximate surface area is 173 Å².